The Bertz CT molecular complexity index is 764. The Morgan fingerprint density at radius 2 is 2.00 bits per heavy atom. The smallest absolute Gasteiger partial charge is 0.227 e. The zero-order chi connectivity index (χ0) is 15.4. The van der Waals surface area contributed by atoms with E-state index in [4.69, 9.17) is 0 Å². The van der Waals surface area contributed by atoms with Crippen molar-refractivity contribution in [2.75, 3.05) is 6.54 Å². The largest absolute Gasteiger partial charge is 0.335 e. The second-order valence-electron chi connectivity index (χ2n) is 5.05. The van der Waals surface area contributed by atoms with Crippen LogP contribution in [-0.2, 0) is 17.8 Å². The number of nitrogens with zero attached hydrogens (tertiary/aromatic N) is 4. The second kappa shape index (κ2) is 6.34. The molecule has 6 nitrogen and oxygen atoms in total. The Labute approximate surface area is 128 Å². The van der Waals surface area contributed by atoms with Gasteiger partial charge in [-0.25, -0.2) is 0 Å². The molecule has 0 aliphatic carbocycles. The molecule has 3 aromatic rings. The summed E-state index contributed by atoms with van der Waals surface area (Å²) in [6, 6.07) is 14.1. The minimum Gasteiger partial charge on any atom is -0.335 e. The molecule has 0 aliphatic rings. The van der Waals surface area contributed by atoms with Gasteiger partial charge in [-0.05, 0) is 23.3 Å². The summed E-state index contributed by atoms with van der Waals surface area (Å²) in [4.78, 5) is 14.3. The SMILES string of the molecule is CCN(Cc1nn[nH]n1)C(=O)Cc1cccc2ccccc12. The Hall–Kier alpha value is -2.76. The van der Waals surface area contributed by atoms with Crippen LogP contribution >= 0.6 is 0 Å². The Morgan fingerprint density at radius 1 is 1.18 bits per heavy atom. The summed E-state index contributed by atoms with van der Waals surface area (Å²) in [5, 5.41) is 16.0. The van der Waals surface area contributed by atoms with Gasteiger partial charge in [-0.15, -0.1) is 10.2 Å². The van der Waals surface area contributed by atoms with Crippen LogP contribution in [0.3, 0.4) is 0 Å². The number of rotatable bonds is 5. The van der Waals surface area contributed by atoms with E-state index >= 15 is 0 Å². The average molecular weight is 295 g/mol. The van der Waals surface area contributed by atoms with Crippen molar-refractivity contribution in [3.05, 3.63) is 53.9 Å². The number of hydrogen-bond acceptors (Lipinski definition) is 4. The van der Waals surface area contributed by atoms with Gasteiger partial charge in [0.05, 0.1) is 13.0 Å². The highest BCUT2D eigenvalue weighted by Crippen LogP contribution is 2.19. The first-order valence-electron chi connectivity index (χ1n) is 7.24. The third kappa shape index (κ3) is 2.95. The lowest BCUT2D eigenvalue weighted by molar-refractivity contribution is -0.130. The number of aromatic amines is 1. The van der Waals surface area contributed by atoms with Crippen molar-refractivity contribution in [2.45, 2.75) is 19.9 Å². The van der Waals surface area contributed by atoms with Crippen LogP contribution < -0.4 is 0 Å². The number of nitrogens with one attached hydrogen (secondary N) is 1. The van der Waals surface area contributed by atoms with Crippen LogP contribution in [0, 0.1) is 0 Å². The number of carbonyl (C=O) groups is 1. The van der Waals surface area contributed by atoms with Crippen molar-refractivity contribution >= 4 is 16.7 Å². The summed E-state index contributed by atoms with van der Waals surface area (Å²) in [6.45, 7) is 2.93. The highest BCUT2D eigenvalue weighted by molar-refractivity contribution is 5.90. The maximum Gasteiger partial charge on any atom is 0.227 e. The van der Waals surface area contributed by atoms with E-state index in [9.17, 15) is 4.79 Å². The van der Waals surface area contributed by atoms with Crippen molar-refractivity contribution < 1.29 is 4.79 Å². The average Bonchev–Trinajstić information content (AvgIpc) is 3.06. The number of amides is 1. The lowest BCUT2D eigenvalue weighted by Gasteiger charge is -2.19. The third-order valence-corrected chi connectivity index (χ3v) is 3.68. The number of likely N-dealkylation sites (N-methyl/N-ethyl adjacent to an activating group) is 1. The summed E-state index contributed by atoms with van der Waals surface area (Å²) in [6.07, 6.45) is 0.368. The van der Waals surface area contributed by atoms with Crippen LogP contribution in [0.15, 0.2) is 42.5 Å². The molecule has 1 aromatic heterocycles. The van der Waals surface area contributed by atoms with E-state index in [1.807, 2.05) is 37.3 Å². The fraction of sp³-hybridized carbons (Fsp3) is 0.250. The summed E-state index contributed by atoms with van der Waals surface area (Å²) in [5.41, 5.74) is 1.04. The molecule has 0 unspecified atom stereocenters. The molecule has 0 radical (unpaired) electrons. The zero-order valence-electron chi connectivity index (χ0n) is 12.4. The molecule has 1 N–H and O–H groups in total. The molecule has 0 saturated heterocycles. The van der Waals surface area contributed by atoms with Crippen molar-refractivity contribution in [1.82, 2.24) is 25.5 Å². The quantitative estimate of drug-likeness (QED) is 0.780. The molecule has 1 amide bonds. The predicted molar refractivity (Wildman–Crippen MR) is 82.9 cm³/mol. The first kappa shape index (κ1) is 14.2. The van der Waals surface area contributed by atoms with E-state index in [0.717, 1.165) is 16.3 Å². The van der Waals surface area contributed by atoms with E-state index in [2.05, 4.69) is 32.8 Å². The van der Waals surface area contributed by atoms with Gasteiger partial charge in [-0.1, -0.05) is 47.7 Å². The van der Waals surface area contributed by atoms with Crippen molar-refractivity contribution in [1.29, 1.82) is 0 Å². The van der Waals surface area contributed by atoms with Crippen LogP contribution in [0.25, 0.3) is 10.8 Å². The normalized spacial score (nSPS) is 10.8. The molecule has 0 atom stereocenters. The molecule has 2 aromatic carbocycles. The van der Waals surface area contributed by atoms with Crippen LogP contribution in [0.5, 0.6) is 0 Å². The van der Waals surface area contributed by atoms with Crippen LogP contribution in [0.2, 0.25) is 0 Å². The molecule has 0 aliphatic heterocycles. The standard InChI is InChI=1S/C16H17N5O/c1-2-21(11-15-17-19-20-18-15)16(22)10-13-8-5-7-12-6-3-4-9-14(12)13/h3-9H,2,10-11H2,1H3,(H,17,18,19,20). The van der Waals surface area contributed by atoms with Crippen LogP contribution in [-0.4, -0.2) is 38.0 Å². The molecule has 22 heavy (non-hydrogen) atoms. The highest BCUT2D eigenvalue weighted by atomic mass is 16.2. The molecule has 112 valence electrons. The molecule has 1 heterocycles. The van der Waals surface area contributed by atoms with Gasteiger partial charge in [0.2, 0.25) is 5.91 Å². The molecule has 3 rings (SSSR count). The predicted octanol–water partition coefficient (Wildman–Crippen LogP) is 1.94. The van der Waals surface area contributed by atoms with Crippen molar-refractivity contribution in [3.63, 3.8) is 0 Å². The molecular formula is C16H17N5O. The van der Waals surface area contributed by atoms with Gasteiger partial charge in [-0.3, -0.25) is 4.79 Å². The minimum absolute atomic E-state index is 0.0589. The van der Waals surface area contributed by atoms with Crippen molar-refractivity contribution in [3.8, 4) is 0 Å². The van der Waals surface area contributed by atoms with Crippen LogP contribution in [0.1, 0.15) is 18.3 Å². The molecular weight excluding hydrogens is 278 g/mol. The number of H-pyrrole nitrogens is 1. The first-order chi connectivity index (χ1) is 10.8. The minimum atomic E-state index is 0.0589. The van der Waals surface area contributed by atoms with Gasteiger partial charge in [0, 0.05) is 6.54 Å². The fourth-order valence-corrected chi connectivity index (χ4v) is 2.52. The number of aromatic nitrogens is 4. The molecule has 6 heteroatoms. The van der Waals surface area contributed by atoms with E-state index in [1.54, 1.807) is 4.90 Å². The van der Waals surface area contributed by atoms with Crippen LogP contribution in [0.4, 0.5) is 0 Å². The number of hydrogen-bond donors (Lipinski definition) is 1. The van der Waals surface area contributed by atoms with Gasteiger partial charge >= 0.3 is 0 Å². The summed E-state index contributed by atoms with van der Waals surface area (Å²) in [5.74, 6) is 0.580. The molecule has 0 spiro atoms. The summed E-state index contributed by atoms with van der Waals surface area (Å²) >= 11 is 0. The third-order valence-electron chi connectivity index (χ3n) is 3.68. The zero-order valence-corrected chi connectivity index (χ0v) is 12.4. The fourth-order valence-electron chi connectivity index (χ4n) is 2.52. The number of tetrazole rings is 1. The van der Waals surface area contributed by atoms with Gasteiger partial charge in [0.1, 0.15) is 0 Å². The van der Waals surface area contributed by atoms with E-state index in [1.165, 1.54) is 0 Å². The van der Waals surface area contributed by atoms with Crippen molar-refractivity contribution in [2.24, 2.45) is 0 Å². The summed E-state index contributed by atoms with van der Waals surface area (Å²) < 4.78 is 0. The van der Waals surface area contributed by atoms with Gasteiger partial charge in [0.25, 0.3) is 0 Å². The second-order valence-corrected chi connectivity index (χ2v) is 5.05. The Morgan fingerprint density at radius 3 is 2.77 bits per heavy atom. The Balaban J connectivity index is 1.79. The lowest BCUT2D eigenvalue weighted by atomic mass is 10.0. The number of benzene rings is 2. The van der Waals surface area contributed by atoms with Gasteiger partial charge < -0.3 is 4.90 Å². The van der Waals surface area contributed by atoms with Gasteiger partial charge in [-0.2, -0.15) is 5.21 Å². The Kier molecular flexibility index (Phi) is 4.09. The van der Waals surface area contributed by atoms with Gasteiger partial charge in [0.15, 0.2) is 5.82 Å². The van der Waals surface area contributed by atoms with E-state index < -0.39 is 0 Å². The maximum absolute atomic E-state index is 12.6. The number of carbonyl (C=O) groups excluding carboxylic acids is 1. The maximum atomic E-state index is 12.6. The molecule has 0 bridgehead atoms. The monoisotopic (exact) mass is 295 g/mol. The number of fused-ring (bicyclic) bond motifs is 1. The molecule has 0 saturated carbocycles. The summed E-state index contributed by atoms with van der Waals surface area (Å²) in [7, 11) is 0. The van der Waals surface area contributed by atoms with E-state index in [-0.39, 0.29) is 5.91 Å². The first-order valence-corrected chi connectivity index (χ1v) is 7.24. The molecule has 0 fully saturated rings. The van der Waals surface area contributed by atoms with E-state index in [0.29, 0.717) is 25.3 Å². The topological polar surface area (TPSA) is 74.8 Å². The highest BCUT2D eigenvalue weighted by Gasteiger charge is 2.15. The lowest BCUT2D eigenvalue weighted by Crippen LogP contribution is -2.32.